The van der Waals surface area contributed by atoms with Gasteiger partial charge in [0.05, 0.1) is 28.5 Å². The maximum absolute atomic E-state index is 13.0. The van der Waals surface area contributed by atoms with E-state index in [1.165, 1.54) is 14.7 Å². The van der Waals surface area contributed by atoms with Crippen molar-refractivity contribution < 1.29 is 21.6 Å². The van der Waals surface area contributed by atoms with Crippen LogP contribution < -0.4 is 14.5 Å². The number of sulfonamides is 2. The maximum Gasteiger partial charge on any atom is 0.244 e. The van der Waals surface area contributed by atoms with Crippen LogP contribution in [0.2, 0.25) is 10.0 Å². The lowest BCUT2D eigenvalue weighted by atomic mass is 10.2. The summed E-state index contributed by atoms with van der Waals surface area (Å²) < 4.78 is 62.7. The van der Waals surface area contributed by atoms with Gasteiger partial charge in [-0.25, -0.2) is 26.8 Å². The molecule has 2 aliphatic rings. The van der Waals surface area contributed by atoms with E-state index >= 15 is 0 Å². The molecule has 0 amide bonds. The Labute approximate surface area is 387 Å². The molecule has 20 heteroatoms. The number of piperazine rings is 2. The Hall–Kier alpha value is -2.62. The van der Waals surface area contributed by atoms with Crippen LogP contribution >= 0.6 is 93.7 Å². The highest BCUT2D eigenvalue weighted by Gasteiger charge is 2.32. The highest BCUT2D eigenvalue weighted by atomic mass is 79.9. The molecule has 6 aromatic rings. The molecule has 0 N–H and O–H groups in total. The van der Waals surface area contributed by atoms with Crippen molar-refractivity contribution in [1.29, 1.82) is 0 Å². The van der Waals surface area contributed by atoms with E-state index in [4.69, 9.17) is 37.9 Å². The van der Waals surface area contributed by atoms with E-state index in [0.29, 0.717) is 52.4 Å². The Morgan fingerprint density at radius 1 is 0.576 bits per heavy atom. The highest BCUT2D eigenvalue weighted by Crippen LogP contribution is 2.34. The largest absolute Gasteiger partial charge is 0.497 e. The third-order valence-corrected chi connectivity index (χ3v) is 17.6. The second kappa shape index (κ2) is 19.2. The van der Waals surface area contributed by atoms with Gasteiger partial charge in [-0.1, -0.05) is 95.3 Å². The molecule has 0 radical (unpaired) electrons. The van der Waals surface area contributed by atoms with Crippen LogP contribution in [0.25, 0.3) is 22.5 Å². The second-order valence-corrected chi connectivity index (χ2v) is 22.3. The molecule has 310 valence electrons. The van der Waals surface area contributed by atoms with E-state index in [1.54, 1.807) is 60.1 Å². The fraction of sp³-hybridized carbons (Fsp3) is 0.231. The number of nitrogens with zero attached hydrogens (tertiary/aromatic N) is 6. The van der Waals surface area contributed by atoms with Crippen LogP contribution in [0.4, 0.5) is 10.3 Å². The van der Waals surface area contributed by atoms with E-state index in [2.05, 4.69) is 57.6 Å². The van der Waals surface area contributed by atoms with Crippen molar-refractivity contribution in [1.82, 2.24) is 18.6 Å². The maximum atomic E-state index is 13.0. The van der Waals surface area contributed by atoms with E-state index in [9.17, 15) is 16.8 Å². The Bertz CT molecular complexity index is 2670. The molecule has 2 aromatic heterocycles. The molecular weight excluding hydrogens is 1070 g/mol. The van der Waals surface area contributed by atoms with Crippen molar-refractivity contribution in [3.8, 4) is 28.3 Å². The van der Waals surface area contributed by atoms with Gasteiger partial charge in [-0.15, -0.1) is 22.7 Å². The number of halogens is 5. The van der Waals surface area contributed by atoms with Gasteiger partial charge in [-0.2, -0.15) is 8.61 Å². The van der Waals surface area contributed by atoms with Crippen LogP contribution in [0, 0.1) is 0 Å². The van der Waals surface area contributed by atoms with Gasteiger partial charge in [0, 0.05) is 87.7 Å². The summed E-state index contributed by atoms with van der Waals surface area (Å²) in [4.78, 5) is 14.0. The summed E-state index contributed by atoms with van der Waals surface area (Å²) in [6.07, 6.45) is 0. The molecule has 2 fully saturated rings. The fourth-order valence-corrected chi connectivity index (χ4v) is 13.4. The van der Waals surface area contributed by atoms with Crippen LogP contribution in [0.5, 0.6) is 5.75 Å². The number of benzene rings is 4. The Morgan fingerprint density at radius 2 is 1.00 bits per heavy atom. The van der Waals surface area contributed by atoms with Gasteiger partial charge in [0.15, 0.2) is 10.3 Å². The third-order valence-electron chi connectivity index (χ3n) is 9.51. The fourth-order valence-electron chi connectivity index (χ4n) is 6.40. The SMILES string of the molecule is COc1cccc(-c2csc(N3CCN(S(=O)(=O)c4ccc(Br)cc4Cl)CC3)n2)c1.O=S(=O)(c1ccc(Br)cc1Cl)N1CCN(c2nc(-c3cccc(Br)c3)cs2)CC1. The lowest BCUT2D eigenvalue weighted by Crippen LogP contribution is -2.48. The van der Waals surface area contributed by atoms with E-state index in [1.807, 2.05) is 59.3 Å². The minimum Gasteiger partial charge on any atom is -0.497 e. The van der Waals surface area contributed by atoms with Crippen molar-refractivity contribution in [3.63, 3.8) is 0 Å². The van der Waals surface area contributed by atoms with Gasteiger partial charge >= 0.3 is 0 Å². The normalized spacial score (nSPS) is 15.5. The lowest BCUT2D eigenvalue weighted by molar-refractivity contribution is 0.384. The Balaban J connectivity index is 0.000000179. The summed E-state index contributed by atoms with van der Waals surface area (Å²) in [6, 6.07) is 25.4. The van der Waals surface area contributed by atoms with Crippen molar-refractivity contribution in [3.05, 3.63) is 119 Å². The quantitative estimate of drug-likeness (QED) is 0.140. The molecule has 0 unspecified atom stereocenters. The standard InChI is InChI=1S/C20H19BrClN3O3S2.C19H16Br2ClN3O2S2/c1-28-16-4-2-3-14(11-16)18-13-29-20(23-18)24-7-9-25(10-8-24)30(26,27)19-6-5-15(21)12-17(19)22;20-14-3-1-2-13(10-14)17-12-28-19(23-17)24-6-8-25(9-7-24)29(26,27)18-5-4-15(21)11-16(18)22/h2-6,11-13H,7-10H2,1H3;1-5,10-12H,6-9H2. The smallest absolute Gasteiger partial charge is 0.244 e. The molecule has 59 heavy (non-hydrogen) atoms. The summed E-state index contributed by atoms with van der Waals surface area (Å²) >= 11 is 25.6. The molecule has 2 aliphatic heterocycles. The number of ether oxygens (including phenoxy) is 1. The number of thiazole rings is 2. The van der Waals surface area contributed by atoms with Gasteiger partial charge in [0.1, 0.15) is 15.5 Å². The first kappa shape index (κ1) is 44.4. The molecular formula is C39H35Br3Cl2N6O5S4. The molecule has 4 aromatic carbocycles. The zero-order valence-electron chi connectivity index (χ0n) is 31.1. The van der Waals surface area contributed by atoms with E-state index < -0.39 is 20.0 Å². The third kappa shape index (κ3) is 10.4. The molecule has 0 aliphatic carbocycles. The van der Waals surface area contributed by atoms with Gasteiger partial charge < -0.3 is 14.5 Å². The first-order chi connectivity index (χ1) is 28.2. The summed E-state index contributed by atoms with van der Waals surface area (Å²) in [6.45, 7) is 3.83. The van der Waals surface area contributed by atoms with Crippen molar-refractivity contribution in [2.24, 2.45) is 0 Å². The monoisotopic (exact) mass is 1100 g/mol. The number of anilines is 2. The average Bonchev–Trinajstić information content (AvgIpc) is 3.93. The lowest BCUT2D eigenvalue weighted by Gasteiger charge is -2.33. The minimum atomic E-state index is -3.64. The Kier molecular flexibility index (Phi) is 14.5. The van der Waals surface area contributed by atoms with Crippen LogP contribution in [-0.4, -0.2) is 94.9 Å². The second-order valence-electron chi connectivity index (χ2n) is 13.2. The van der Waals surface area contributed by atoms with Crippen LogP contribution in [0.15, 0.2) is 119 Å². The Morgan fingerprint density at radius 3 is 1.42 bits per heavy atom. The van der Waals surface area contributed by atoms with E-state index in [0.717, 1.165) is 51.9 Å². The minimum absolute atomic E-state index is 0.135. The molecule has 0 saturated carbocycles. The van der Waals surface area contributed by atoms with Crippen molar-refractivity contribution in [2.75, 3.05) is 69.3 Å². The predicted molar refractivity (Wildman–Crippen MR) is 250 cm³/mol. The number of rotatable bonds is 9. The number of aromatic nitrogens is 2. The summed E-state index contributed by atoms with van der Waals surface area (Å²) in [7, 11) is -5.62. The molecule has 8 rings (SSSR count). The first-order valence-corrected chi connectivity index (χ1v) is 25.7. The van der Waals surface area contributed by atoms with Gasteiger partial charge in [-0.3, -0.25) is 0 Å². The van der Waals surface area contributed by atoms with E-state index in [-0.39, 0.29) is 19.8 Å². The summed E-state index contributed by atoms with van der Waals surface area (Å²) in [5, 5.41) is 6.26. The van der Waals surface area contributed by atoms with Crippen molar-refractivity contribution >= 4 is 124 Å². The van der Waals surface area contributed by atoms with Crippen molar-refractivity contribution in [2.45, 2.75) is 9.79 Å². The van der Waals surface area contributed by atoms with Crippen LogP contribution in [0.1, 0.15) is 0 Å². The molecule has 0 bridgehead atoms. The van der Waals surface area contributed by atoms with Crippen LogP contribution in [0.3, 0.4) is 0 Å². The zero-order chi connectivity index (χ0) is 41.9. The predicted octanol–water partition coefficient (Wildman–Crippen LogP) is 10.2. The molecule has 4 heterocycles. The molecule has 0 atom stereocenters. The molecule has 11 nitrogen and oxygen atoms in total. The topological polar surface area (TPSA) is 116 Å². The number of methoxy groups -OCH3 is 1. The summed E-state index contributed by atoms with van der Waals surface area (Å²) in [5.74, 6) is 0.785. The highest BCUT2D eigenvalue weighted by molar-refractivity contribution is 9.11. The van der Waals surface area contributed by atoms with Gasteiger partial charge in [-0.05, 0) is 60.7 Å². The number of hydrogen-bond donors (Lipinski definition) is 0. The van der Waals surface area contributed by atoms with Gasteiger partial charge in [0.2, 0.25) is 20.0 Å². The molecule has 0 spiro atoms. The zero-order valence-corrected chi connectivity index (χ0v) is 40.7. The summed E-state index contributed by atoms with van der Waals surface area (Å²) in [5.41, 5.74) is 3.84. The molecule has 2 saturated heterocycles. The average molecular weight is 1110 g/mol. The number of hydrogen-bond acceptors (Lipinski definition) is 11. The van der Waals surface area contributed by atoms with Gasteiger partial charge in [0.25, 0.3) is 0 Å². The van der Waals surface area contributed by atoms with Crippen LogP contribution in [-0.2, 0) is 20.0 Å². The first-order valence-electron chi connectivity index (χ1n) is 17.9.